The molecule has 0 spiro atoms. The van der Waals surface area contributed by atoms with Gasteiger partial charge in [-0.1, -0.05) is 74.6 Å². The maximum atomic E-state index is 3.67. The quantitative estimate of drug-likeness (QED) is 0.833. The number of hydrogen-bond acceptors (Lipinski definition) is 1. The van der Waals surface area contributed by atoms with Crippen LogP contribution in [0.2, 0.25) is 0 Å². The van der Waals surface area contributed by atoms with Crippen molar-refractivity contribution in [2.75, 3.05) is 6.54 Å². The molecule has 1 aliphatic rings. The Balaban J connectivity index is 0.00000180. The molecule has 1 fully saturated rings. The molecule has 1 nitrogen and oxygen atoms in total. The van der Waals surface area contributed by atoms with E-state index in [0.717, 1.165) is 12.6 Å². The highest BCUT2D eigenvalue weighted by Crippen LogP contribution is 2.16. The molecule has 1 N–H and O–H groups in total. The third kappa shape index (κ3) is 6.79. The molecule has 1 aliphatic carbocycles. The minimum Gasteiger partial charge on any atom is -0.311 e. The van der Waals surface area contributed by atoms with Crippen LogP contribution in [0.15, 0.2) is 36.4 Å². The highest BCUT2D eigenvalue weighted by Gasteiger charge is 2.09. The second-order valence-corrected chi connectivity index (χ2v) is 5.26. The summed E-state index contributed by atoms with van der Waals surface area (Å²) < 4.78 is 0. The molecule has 0 unspecified atom stereocenters. The van der Waals surface area contributed by atoms with Crippen LogP contribution in [-0.4, -0.2) is 12.6 Å². The van der Waals surface area contributed by atoms with Gasteiger partial charge in [-0.15, -0.1) is 12.4 Å². The topological polar surface area (TPSA) is 12.0 Å². The van der Waals surface area contributed by atoms with Crippen molar-refractivity contribution < 1.29 is 0 Å². The summed E-state index contributed by atoms with van der Waals surface area (Å²) in [5.41, 5.74) is 1.29. The molecular weight excluding hydrogens is 254 g/mol. The Hall–Kier alpha value is -0.790. The minimum absolute atomic E-state index is 0. The van der Waals surface area contributed by atoms with E-state index in [1.165, 1.54) is 50.5 Å². The van der Waals surface area contributed by atoms with Crippen LogP contribution in [0.4, 0.5) is 0 Å². The number of rotatable bonds is 4. The van der Waals surface area contributed by atoms with Gasteiger partial charge in [0.05, 0.1) is 0 Å². The number of halogens is 1. The smallest absolute Gasteiger partial charge is 0.0140 e. The molecule has 0 bridgehead atoms. The van der Waals surface area contributed by atoms with Crippen molar-refractivity contribution in [2.24, 2.45) is 0 Å². The molecule has 106 valence electrons. The van der Waals surface area contributed by atoms with Gasteiger partial charge in [-0.2, -0.15) is 0 Å². The van der Waals surface area contributed by atoms with Gasteiger partial charge in [0.15, 0.2) is 0 Å². The average molecular weight is 280 g/mol. The normalized spacial score (nSPS) is 17.7. The van der Waals surface area contributed by atoms with Gasteiger partial charge in [0.25, 0.3) is 0 Å². The first kappa shape index (κ1) is 16.3. The Bertz CT molecular complexity index is 340. The van der Waals surface area contributed by atoms with Gasteiger partial charge < -0.3 is 5.32 Å². The summed E-state index contributed by atoms with van der Waals surface area (Å²) in [4.78, 5) is 0. The average Bonchev–Trinajstić information content (AvgIpc) is 2.38. The van der Waals surface area contributed by atoms with Crippen LogP contribution in [-0.2, 0) is 0 Å². The lowest BCUT2D eigenvalue weighted by Gasteiger charge is -2.20. The Morgan fingerprint density at radius 2 is 1.58 bits per heavy atom. The van der Waals surface area contributed by atoms with E-state index in [4.69, 9.17) is 0 Å². The molecule has 2 rings (SSSR count). The fourth-order valence-corrected chi connectivity index (χ4v) is 2.65. The van der Waals surface area contributed by atoms with Crippen LogP contribution >= 0.6 is 12.4 Å². The zero-order valence-corrected chi connectivity index (χ0v) is 12.5. The fraction of sp³-hybridized carbons (Fsp3) is 0.529. The molecule has 0 aromatic heterocycles. The lowest BCUT2D eigenvalue weighted by molar-refractivity contribution is 0.401. The van der Waals surface area contributed by atoms with E-state index < -0.39 is 0 Å². The number of nitrogens with one attached hydrogen (secondary N) is 1. The van der Waals surface area contributed by atoms with Gasteiger partial charge in [-0.05, 0) is 18.4 Å². The van der Waals surface area contributed by atoms with Crippen molar-refractivity contribution in [2.45, 2.75) is 51.0 Å². The molecule has 19 heavy (non-hydrogen) atoms. The molecule has 1 aromatic rings. The standard InChI is InChI=1S/C17H25N.ClH/c1-2-7-13-17(14-8-3-1)18-15-9-12-16-10-5-4-6-11-16;/h4-6,9-12,17-18H,1-3,7-8,13-15H2;1H/b12-9+;. The lowest BCUT2D eigenvalue weighted by Crippen LogP contribution is -2.29. The van der Waals surface area contributed by atoms with Crippen molar-refractivity contribution in [1.29, 1.82) is 0 Å². The van der Waals surface area contributed by atoms with Crippen molar-refractivity contribution in [3.63, 3.8) is 0 Å². The molecule has 0 atom stereocenters. The van der Waals surface area contributed by atoms with Gasteiger partial charge in [0.2, 0.25) is 0 Å². The van der Waals surface area contributed by atoms with Crippen molar-refractivity contribution in [3.05, 3.63) is 42.0 Å². The molecule has 0 heterocycles. The zero-order chi connectivity index (χ0) is 12.5. The van der Waals surface area contributed by atoms with E-state index in [1.54, 1.807) is 0 Å². The summed E-state index contributed by atoms with van der Waals surface area (Å²) >= 11 is 0. The SMILES string of the molecule is C(=C\c1ccccc1)/CNC1CCCCCCC1.Cl. The van der Waals surface area contributed by atoms with Crippen molar-refractivity contribution in [3.8, 4) is 0 Å². The lowest BCUT2D eigenvalue weighted by atomic mass is 9.97. The van der Waals surface area contributed by atoms with E-state index in [2.05, 4.69) is 47.8 Å². The van der Waals surface area contributed by atoms with E-state index >= 15 is 0 Å². The van der Waals surface area contributed by atoms with Crippen LogP contribution in [0.25, 0.3) is 6.08 Å². The van der Waals surface area contributed by atoms with Gasteiger partial charge in [-0.3, -0.25) is 0 Å². The Labute approximate surface area is 123 Å². The van der Waals surface area contributed by atoms with Gasteiger partial charge in [0.1, 0.15) is 0 Å². The maximum absolute atomic E-state index is 3.67. The second-order valence-electron chi connectivity index (χ2n) is 5.26. The Morgan fingerprint density at radius 1 is 0.947 bits per heavy atom. The van der Waals surface area contributed by atoms with Crippen LogP contribution in [0.1, 0.15) is 50.5 Å². The predicted molar refractivity (Wildman–Crippen MR) is 86.8 cm³/mol. The summed E-state index contributed by atoms with van der Waals surface area (Å²) in [5, 5.41) is 3.67. The maximum Gasteiger partial charge on any atom is 0.0140 e. The fourth-order valence-electron chi connectivity index (χ4n) is 2.65. The van der Waals surface area contributed by atoms with E-state index in [9.17, 15) is 0 Å². The van der Waals surface area contributed by atoms with Crippen LogP contribution in [0.5, 0.6) is 0 Å². The molecule has 1 aromatic carbocycles. The summed E-state index contributed by atoms with van der Waals surface area (Å²) in [6, 6.07) is 11.3. The Kier molecular flexibility index (Phi) is 8.61. The molecule has 1 saturated carbocycles. The summed E-state index contributed by atoms with van der Waals surface area (Å²) in [5.74, 6) is 0. The largest absolute Gasteiger partial charge is 0.311 e. The summed E-state index contributed by atoms with van der Waals surface area (Å²) in [6.45, 7) is 1.000. The first-order valence-corrected chi connectivity index (χ1v) is 7.40. The summed E-state index contributed by atoms with van der Waals surface area (Å²) in [7, 11) is 0. The third-order valence-electron chi connectivity index (χ3n) is 3.74. The van der Waals surface area contributed by atoms with Crippen molar-refractivity contribution >= 4 is 18.5 Å². The highest BCUT2D eigenvalue weighted by atomic mass is 35.5. The number of benzene rings is 1. The molecule has 0 aliphatic heterocycles. The minimum atomic E-state index is 0. The number of hydrogen-bond donors (Lipinski definition) is 1. The Morgan fingerprint density at radius 3 is 2.26 bits per heavy atom. The first-order chi connectivity index (χ1) is 8.95. The highest BCUT2D eigenvalue weighted by molar-refractivity contribution is 5.85. The second kappa shape index (κ2) is 10.1. The molecule has 0 amide bonds. The molecule has 0 radical (unpaired) electrons. The van der Waals surface area contributed by atoms with Crippen LogP contribution in [0, 0.1) is 0 Å². The van der Waals surface area contributed by atoms with Gasteiger partial charge in [-0.25, -0.2) is 0 Å². The predicted octanol–water partition coefficient (Wildman–Crippen LogP) is 4.82. The monoisotopic (exact) mass is 279 g/mol. The first-order valence-electron chi connectivity index (χ1n) is 7.40. The van der Waals surface area contributed by atoms with E-state index in [-0.39, 0.29) is 12.4 Å². The van der Waals surface area contributed by atoms with Gasteiger partial charge >= 0.3 is 0 Å². The summed E-state index contributed by atoms with van der Waals surface area (Å²) in [6.07, 6.45) is 14.3. The van der Waals surface area contributed by atoms with Gasteiger partial charge in [0, 0.05) is 12.6 Å². The molecule has 0 saturated heterocycles. The molecular formula is C17H26ClN. The third-order valence-corrected chi connectivity index (χ3v) is 3.74. The van der Waals surface area contributed by atoms with E-state index in [0.29, 0.717) is 0 Å². The van der Waals surface area contributed by atoms with E-state index in [1.807, 2.05) is 0 Å². The molecule has 2 heteroatoms. The van der Waals surface area contributed by atoms with Crippen molar-refractivity contribution in [1.82, 2.24) is 5.32 Å². The van der Waals surface area contributed by atoms with Crippen LogP contribution in [0.3, 0.4) is 0 Å². The zero-order valence-electron chi connectivity index (χ0n) is 11.7. The van der Waals surface area contributed by atoms with Crippen LogP contribution < -0.4 is 5.32 Å².